The summed E-state index contributed by atoms with van der Waals surface area (Å²) in [4.78, 5) is 0. The normalized spacial score (nSPS) is 10.1. The first-order chi connectivity index (χ1) is 6.29. The second-order valence-electron chi connectivity index (χ2n) is 3.11. The lowest BCUT2D eigenvalue weighted by molar-refractivity contribution is 0.311. The van der Waals surface area contributed by atoms with Crippen LogP contribution in [-0.2, 0) is 6.42 Å². The Hall–Kier alpha value is -1.02. The molecule has 13 heavy (non-hydrogen) atoms. The average Bonchev–Trinajstić information content (AvgIpc) is 2.15. The zero-order chi connectivity index (χ0) is 9.68. The summed E-state index contributed by atoms with van der Waals surface area (Å²) >= 11 is 0. The SMILES string of the molecule is CCc1cccc(C)c1NCCO. The third-order valence-corrected chi connectivity index (χ3v) is 2.15. The number of anilines is 1. The maximum Gasteiger partial charge on any atom is 0.0604 e. The van der Waals surface area contributed by atoms with Crippen LogP contribution in [0.5, 0.6) is 0 Å². The summed E-state index contributed by atoms with van der Waals surface area (Å²) in [5, 5.41) is 12.0. The second kappa shape index (κ2) is 4.87. The maximum atomic E-state index is 8.72. The Morgan fingerprint density at radius 3 is 2.77 bits per heavy atom. The van der Waals surface area contributed by atoms with E-state index < -0.39 is 0 Å². The van der Waals surface area contributed by atoms with Gasteiger partial charge in [-0.2, -0.15) is 0 Å². The quantitative estimate of drug-likeness (QED) is 0.740. The Bertz CT molecular complexity index is 271. The highest BCUT2D eigenvalue weighted by Crippen LogP contribution is 2.20. The van der Waals surface area contributed by atoms with Crippen molar-refractivity contribution in [2.75, 3.05) is 18.5 Å². The molecule has 0 unspecified atom stereocenters. The summed E-state index contributed by atoms with van der Waals surface area (Å²) in [7, 11) is 0. The second-order valence-corrected chi connectivity index (χ2v) is 3.11. The van der Waals surface area contributed by atoms with Crippen molar-refractivity contribution < 1.29 is 5.11 Å². The molecule has 0 fully saturated rings. The first-order valence-electron chi connectivity index (χ1n) is 4.72. The van der Waals surface area contributed by atoms with Crippen LogP contribution in [0.2, 0.25) is 0 Å². The first-order valence-corrected chi connectivity index (χ1v) is 4.72. The van der Waals surface area contributed by atoms with Crippen molar-refractivity contribution in [1.82, 2.24) is 0 Å². The van der Waals surface area contributed by atoms with Gasteiger partial charge < -0.3 is 10.4 Å². The third-order valence-electron chi connectivity index (χ3n) is 2.15. The Morgan fingerprint density at radius 2 is 2.15 bits per heavy atom. The Labute approximate surface area is 79.6 Å². The molecule has 1 rings (SSSR count). The fourth-order valence-corrected chi connectivity index (χ4v) is 1.46. The lowest BCUT2D eigenvalue weighted by Gasteiger charge is -2.12. The number of hydrogen-bond acceptors (Lipinski definition) is 2. The highest BCUT2D eigenvalue weighted by Gasteiger charge is 2.01. The van der Waals surface area contributed by atoms with Crippen LogP contribution in [0, 0.1) is 6.92 Å². The smallest absolute Gasteiger partial charge is 0.0604 e. The van der Waals surface area contributed by atoms with E-state index in [2.05, 4.69) is 37.4 Å². The fourth-order valence-electron chi connectivity index (χ4n) is 1.46. The molecule has 1 aromatic carbocycles. The zero-order valence-electron chi connectivity index (χ0n) is 8.30. The first kappa shape index (κ1) is 10.1. The van der Waals surface area contributed by atoms with E-state index in [1.807, 2.05) is 0 Å². The van der Waals surface area contributed by atoms with E-state index in [9.17, 15) is 0 Å². The van der Waals surface area contributed by atoms with E-state index in [0.29, 0.717) is 6.54 Å². The van der Waals surface area contributed by atoms with Gasteiger partial charge in [0.25, 0.3) is 0 Å². The van der Waals surface area contributed by atoms with E-state index in [1.165, 1.54) is 16.8 Å². The highest BCUT2D eigenvalue weighted by atomic mass is 16.3. The van der Waals surface area contributed by atoms with Gasteiger partial charge in [0.2, 0.25) is 0 Å². The molecule has 0 aliphatic carbocycles. The van der Waals surface area contributed by atoms with Crippen LogP contribution < -0.4 is 5.32 Å². The van der Waals surface area contributed by atoms with Crippen LogP contribution in [0.1, 0.15) is 18.1 Å². The molecule has 0 amide bonds. The lowest BCUT2D eigenvalue weighted by atomic mass is 10.1. The van der Waals surface area contributed by atoms with Gasteiger partial charge in [-0.3, -0.25) is 0 Å². The minimum absolute atomic E-state index is 0.178. The van der Waals surface area contributed by atoms with Crippen molar-refractivity contribution in [2.24, 2.45) is 0 Å². The highest BCUT2D eigenvalue weighted by molar-refractivity contribution is 5.57. The Balaban J connectivity index is 2.87. The molecule has 2 heteroatoms. The maximum absolute atomic E-state index is 8.72. The van der Waals surface area contributed by atoms with E-state index in [4.69, 9.17) is 5.11 Å². The van der Waals surface area contributed by atoms with Crippen LogP contribution in [0.15, 0.2) is 18.2 Å². The summed E-state index contributed by atoms with van der Waals surface area (Å²) in [6.07, 6.45) is 1.02. The molecular weight excluding hydrogens is 162 g/mol. The molecule has 0 atom stereocenters. The van der Waals surface area contributed by atoms with Gasteiger partial charge in [0.1, 0.15) is 0 Å². The molecule has 0 saturated carbocycles. The van der Waals surface area contributed by atoms with Gasteiger partial charge in [-0.15, -0.1) is 0 Å². The molecule has 2 N–H and O–H groups in total. The number of nitrogens with one attached hydrogen (secondary N) is 1. The molecule has 0 bridgehead atoms. The predicted octanol–water partition coefficient (Wildman–Crippen LogP) is 1.96. The van der Waals surface area contributed by atoms with Crippen molar-refractivity contribution in [3.63, 3.8) is 0 Å². The minimum Gasteiger partial charge on any atom is -0.395 e. The molecule has 2 nitrogen and oxygen atoms in total. The number of aliphatic hydroxyl groups is 1. The molecule has 0 saturated heterocycles. The molecular formula is C11H17NO. The van der Waals surface area contributed by atoms with E-state index in [-0.39, 0.29) is 6.61 Å². The van der Waals surface area contributed by atoms with Crippen LogP contribution in [0.4, 0.5) is 5.69 Å². The predicted molar refractivity (Wildman–Crippen MR) is 56.1 cm³/mol. The summed E-state index contributed by atoms with van der Waals surface area (Å²) in [5.41, 5.74) is 3.74. The average molecular weight is 179 g/mol. The zero-order valence-corrected chi connectivity index (χ0v) is 8.30. The molecule has 0 heterocycles. The molecule has 0 aliphatic rings. The van der Waals surface area contributed by atoms with Gasteiger partial charge in [0.15, 0.2) is 0 Å². The molecule has 0 aliphatic heterocycles. The van der Waals surface area contributed by atoms with Crippen molar-refractivity contribution in [3.05, 3.63) is 29.3 Å². The van der Waals surface area contributed by atoms with Crippen LogP contribution >= 0.6 is 0 Å². The van der Waals surface area contributed by atoms with Gasteiger partial charge in [0.05, 0.1) is 6.61 Å². The Kier molecular flexibility index (Phi) is 3.77. The van der Waals surface area contributed by atoms with Crippen LogP contribution in [0.25, 0.3) is 0 Å². The summed E-state index contributed by atoms with van der Waals surface area (Å²) in [6.45, 7) is 5.02. The molecule has 0 aromatic heterocycles. The number of aryl methyl sites for hydroxylation is 2. The van der Waals surface area contributed by atoms with Crippen molar-refractivity contribution in [3.8, 4) is 0 Å². The summed E-state index contributed by atoms with van der Waals surface area (Å²) in [6, 6.07) is 6.27. The van der Waals surface area contributed by atoms with Gasteiger partial charge >= 0.3 is 0 Å². The molecule has 0 radical (unpaired) electrons. The number of hydrogen-bond donors (Lipinski definition) is 2. The minimum atomic E-state index is 0.178. The largest absolute Gasteiger partial charge is 0.395 e. The van der Waals surface area contributed by atoms with E-state index in [1.54, 1.807) is 0 Å². The van der Waals surface area contributed by atoms with Crippen molar-refractivity contribution >= 4 is 5.69 Å². The third kappa shape index (κ3) is 2.46. The van der Waals surface area contributed by atoms with Crippen molar-refractivity contribution in [1.29, 1.82) is 0 Å². The van der Waals surface area contributed by atoms with Crippen molar-refractivity contribution in [2.45, 2.75) is 20.3 Å². The number of para-hydroxylation sites is 1. The van der Waals surface area contributed by atoms with Gasteiger partial charge in [-0.1, -0.05) is 25.1 Å². The fraction of sp³-hybridized carbons (Fsp3) is 0.455. The number of benzene rings is 1. The monoisotopic (exact) mass is 179 g/mol. The van der Waals surface area contributed by atoms with Crippen LogP contribution in [0.3, 0.4) is 0 Å². The van der Waals surface area contributed by atoms with E-state index >= 15 is 0 Å². The topological polar surface area (TPSA) is 32.3 Å². The number of rotatable bonds is 4. The molecule has 72 valence electrons. The van der Waals surface area contributed by atoms with Gasteiger partial charge in [-0.05, 0) is 24.5 Å². The van der Waals surface area contributed by atoms with Gasteiger partial charge in [0, 0.05) is 12.2 Å². The summed E-state index contributed by atoms with van der Waals surface area (Å²) < 4.78 is 0. The lowest BCUT2D eigenvalue weighted by Crippen LogP contribution is -2.08. The molecule has 0 spiro atoms. The van der Waals surface area contributed by atoms with E-state index in [0.717, 1.165) is 6.42 Å². The Morgan fingerprint density at radius 1 is 1.38 bits per heavy atom. The standard InChI is InChI=1S/C11H17NO/c1-3-10-6-4-5-9(2)11(10)12-7-8-13/h4-6,12-13H,3,7-8H2,1-2H3. The van der Waals surface area contributed by atoms with Crippen LogP contribution in [-0.4, -0.2) is 18.3 Å². The number of aliphatic hydroxyl groups excluding tert-OH is 1. The van der Waals surface area contributed by atoms with Gasteiger partial charge in [-0.25, -0.2) is 0 Å². The molecule has 1 aromatic rings. The summed E-state index contributed by atoms with van der Waals surface area (Å²) in [5.74, 6) is 0.